The molecule has 4 nitrogen and oxygen atoms in total. The van der Waals surface area contributed by atoms with Crippen molar-refractivity contribution in [3.05, 3.63) is 22.7 Å². The summed E-state index contributed by atoms with van der Waals surface area (Å²) >= 11 is 5.93. The smallest absolute Gasteiger partial charge is 0.141 e. The number of hydrogen-bond acceptors (Lipinski definition) is 4. The molecule has 84 valence electrons. The third-order valence-corrected chi connectivity index (χ3v) is 2.38. The molecule has 0 aliphatic heterocycles. The fourth-order valence-corrected chi connectivity index (χ4v) is 1.52. The summed E-state index contributed by atoms with van der Waals surface area (Å²) < 4.78 is 10.1. The van der Waals surface area contributed by atoms with Gasteiger partial charge < -0.3 is 20.3 Å². The highest BCUT2D eigenvalue weighted by Gasteiger charge is 2.15. The number of rotatable bonds is 4. The average molecular weight is 232 g/mol. The van der Waals surface area contributed by atoms with Gasteiger partial charge in [0.15, 0.2) is 0 Å². The van der Waals surface area contributed by atoms with Gasteiger partial charge >= 0.3 is 0 Å². The van der Waals surface area contributed by atoms with E-state index < -0.39 is 6.10 Å². The number of aliphatic hydroxyl groups excluding tert-OH is 1. The van der Waals surface area contributed by atoms with E-state index in [4.69, 9.17) is 26.8 Å². The SMILES string of the molecule is COc1cc(OC)c(C(O)CN)cc1Cl. The summed E-state index contributed by atoms with van der Waals surface area (Å²) in [5, 5.41) is 10.0. The van der Waals surface area contributed by atoms with Crippen molar-refractivity contribution in [2.75, 3.05) is 20.8 Å². The van der Waals surface area contributed by atoms with E-state index >= 15 is 0 Å². The highest BCUT2D eigenvalue weighted by Crippen LogP contribution is 2.35. The second kappa shape index (κ2) is 5.21. The van der Waals surface area contributed by atoms with Gasteiger partial charge in [0.2, 0.25) is 0 Å². The van der Waals surface area contributed by atoms with Crippen LogP contribution in [0, 0.1) is 0 Å². The van der Waals surface area contributed by atoms with Gasteiger partial charge in [0.1, 0.15) is 11.5 Å². The highest BCUT2D eigenvalue weighted by molar-refractivity contribution is 6.32. The molecule has 0 saturated carbocycles. The first-order chi connectivity index (χ1) is 7.13. The number of methoxy groups -OCH3 is 2. The van der Waals surface area contributed by atoms with Crippen molar-refractivity contribution in [1.82, 2.24) is 0 Å². The second-order valence-corrected chi connectivity index (χ2v) is 3.39. The maximum Gasteiger partial charge on any atom is 0.141 e. The van der Waals surface area contributed by atoms with Crippen LogP contribution in [0.2, 0.25) is 5.02 Å². The number of aliphatic hydroxyl groups is 1. The Labute approximate surface area is 93.6 Å². The predicted octanol–water partition coefficient (Wildman–Crippen LogP) is 1.35. The summed E-state index contributed by atoms with van der Waals surface area (Å²) in [6.07, 6.45) is -0.789. The van der Waals surface area contributed by atoms with Gasteiger partial charge in [0.25, 0.3) is 0 Å². The zero-order chi connectivity index (χ0) is 11.4. The van der Waals surface area contributed by atoms with Crippen LogP contribution in [0.4, 0.5) is 0 Å². The molecular formula is C10H14ClNO3. The molecule has 15 heavy (non-hydrogen) atoms. The van der Waals surface area contributed by atoms with Crippen LogP contribution < -0.4 is 15.2 Å². The monoisotopic (exact) mass is 231 g/mol. The van der Waals surface area contributed by atoms with Gasteiger partial charge in [-0.15, -0.1) is 0 Å². The molecule has 0 amide bonds. The van der Waals surface area contributed by atoms with Crippen LogP contribution >= 0.6 is 11.6 Å². The van der Waals surface area contributed by atoms with Gasteiger partial charge in [-0.3, -0.25) is 0 Å². The van der Waals surface area contributed by atoms with Crippen LogP contribution in [0.5, 0.6) is 11.5 Å². The van der Waals surface area contributed by atoms with Gasteiger partial charge in [-0.2, -0.15) is 0 Å². The standard InChI is InChI=1S/C10H14ClNO3/c1-14-9-4-10(15-2)7(11)3-6(9)8(13)5-12/h3-4,8,13H,5,12H2,1-2H3. The first kappa shape index (κ1) is 12.1. The lowest BCUT2D eigenvalue weighted by Crippen LogP contribution is -2.12. The lowest BCUT2D eigenvalue weighted by molar-refractivity contribution is 0.182. The summed E-state index contributed by atoms with van der Waals surface area (Å²) in [5.41, 5.74) is 5.93. The van der Waals surface area contributed by atoms with Crippen molar-refractivity contribution in [3.8, 4) is 11.5 Å². The Morgan fingerprint density at radius 2 is 1.93 bits per heavy atom. The Morgan fingerprint density at radius 3 is 2.40 bits per heavy atom. The van der Waals surface area contributed by atoms with E-state index in [9.17, 15) is 5.11 Å². The molecule has 1 aromatic rings. The lowest BCUT2D eigenvalue weighted by Gasteiger charge is -2.15. The van der Waals surface area contributed by atoms with Crippen LogP contribution in [0.25, 0.3) is 0 Å². The summed E-state index contributed by atoms with van der Waals surface area (Å²) in [4.78, 5) is 0. The van der Waals surface area contributed by atoms with E-state index in [1.165, 1.54) is 14.2 Å². The van der Waals surface area contributed by atoms with Crippen molar-refractivity contribution in [2.45, 2.75) is 6.10 Å². The van der Waals surface area contributed by atoms with Crippen molar-refractivity contribution in [3.63, 3.8) is 0 Å². The minimum atomic E-state index is -0.789. The quantitative estimate of drug-likeness (QED) is 0.821. The molecule has 0 aliphatic carbocycles. The number of ether oxygens (including phenoxy) is 2. The largest absolute Gasteiger partial charge is 0.496 e. The summed E-state index contributed by atoms with van der Waals surface area (Å²) in [7, 11) is 3.02. The van der Waals surface area contributed by atoms with Crippen LogP contribution in [0.15, 0.2) is 12.1 Å². The van der Waals surface area contributed by atoms with Crippen molar-refractivity contribution in [1.29, 1.82) is 0 Å². The van der Waals surface area contributed by atoms with Crippen LogP contribution in [-0.2, 0) is 0 Å². The van der Waals surface area contributed by atoms with Gasteiger partial charge in [0, 0.05) is 18.2 Å². The average Bonchev–Trinajstić information content (AvgIpc) is 2.27. The van der Waals surface area contributed by atoms with E-state index in [2.05, 4.69) is 0 Å². The zero-order valence-electron chi connectivity index (χ0n) is 8.66. The van der Waals surface area contributed by atoms with Crippen molar-refractivity contribution in [2.24, 2.45) is 5.73 Å². The molecule has 0 heterocycles. The van der Waals surface area contributed by atoms with Gasteiger partial charge in [0.05, 0.1) is 25.3 Å². The van der Waals surface area contributed by atoms with Crippen molar-refractivity contribution < 1.29 is 14.6 Å². The van der Waals surface area contributed by atoms with E-state index in [1.807, 2.05) is 0 Å². The Hall–Kier alpha value is -0.970. The maximum atomic E-state index is 9.62. The van der Waals surface area contributed by atoms with Crippen LogP contribution in [-0.4, -0.2) is 25.9 Å². The molecule has 0 fully saturated rings. The van der Waals surface area contributed by atoms with Gasteiger partial charge in [-0.05, 0) is 6.07 Å². The van der Waals surface area contributed by atoms with Crippen LogP contribution in [0.1, 0.15) is 11.7 Å². The number of nitrogens with two attached hydrogens (primary N) is 1. The third-order valence-electron chi connectivity index (χ3n) is 2.09. The molecule has 3 N–H and O–H groups in total. The Balaban J connectivity index is 3.21. The first-order valence-electron chi connectivity index (χ1n) is 4.43. The third kappa shape index (κ3) is 2.53. The number of benzene rings is 1. The highest BCUT2D eigenvalue weighted by atomic mass is 35.5. The molecule has 5 heteroatoms. The lowest BCUT2D eigenvalue weighted by atomic mass is 10.1. The van der Waals surface area contributed by atoms with Crippen molar-refractivity contribution >= 4 is 11.6 Å². The molecule has 0 spiro atoms. The molecule has 0 radical (unpaired) electrons. The van der Waals surface area contributed by atoms with E-state index in [1.54, 1.807) is 12.1 Å². The molecule has 1 unspecified atom stereocenters. The predicted molar refractivity (Wildman–Crippen MR) is 58.6 cm³/mol. The zero-order valence-corrected chi connectivity index (χ0v) is 9.41. The summed E-state index contributed by atoms with van der Waals surface area (Å²) in [6, 6.07) is 3.22. The molecule has 0 aliphatic rings. The molecule has 0 bridgehead atoms. The maximum absolute atomic E-state index is 9.62. The van der Waals surface area contributed by atoms with E-state index in [-0.39, 0.29) is 6.54 Å². The fourth-order valence-electron chi connectivity index (χ4n) is 1.27. The summed E-state index contributed by atoms with van der Waals surface area (Å²) in [5.74, 6) is 1.01. The minimum Gasteiger partial charge on any atom is -0.496 e. The number of hydrogen-bond donors (Lipinski definition) is 2. The Morgan fingerprint density at radius 1 is 1.33 bits per heavy atom. The molecular weight excluding hydrogens is 218 g/mol. The van der Waals surface area contributed by atoms with Crippen LogP contribution in [0.3, 0.4) is 0 Å². The van der Waals surface area contributed by atoms with E-state index in [0.29, 0.717) is 22.1 Å². The Kier molecular flexibility index (Phi) is 4.20. The van der Waals surface area contributed by atoms with Gasteiger partial charge in [-0.1, -0.05) is 11.6 Å². The number of halogens is 1. The minimum absolute atomic E-state index is 0.110. The molecule has 1 atom stereocenters. The Bertz CT molecular complexity index is 344. The summed E-state index contributed by atoms with van der Waals surface area (Å²) in [6.45, 7) is 0.110. The second-order valence-electron chi connectivity index (χ2n) is 2.98. The topological polar surface area (TPSA) is 64.7 Å². The molecule has 0 saturated heterocycles. The molecule has 1 aromatic carbocycles. The normalized spacial score (nSPS) is 12.3. The fraction of sp³-hybridized carbons (Fsp3) is 0.400. The molecule has 0 aromatic heterocycles. The molecule has 1 rings (SSSR count). The first-order valence-corrected chi connectivity index (χ1v) is 4.81. The van der Waals surface area contributed by atoms with E-state index in [0.717, 1.165) is 0 Å². The van der Waals surface area contributed by atoms with Gasteiger partial charge in [-0.25, -0.2) is 0 Å².